The molecule has 0 bridgehead atoms. The standard InChI is InChI=1S/C14H14BrClN2O2S/c1-9-6-12(15)13(17)7-14(9)21(19,20)18-8-10-2-4-11(16)5-3-10/h2-7,18H,8,17H2,1H3. The Morgan fingerprint density at radius 2 is 1.86 bits per heavy atom. The second kappa shape index (κ2) is 6.36. The summed E-state index contributed by atoms with van der Waals surface area (Å²) in [4.78, 5) is 0.178. The molecule has 21 heavy (non-hydrogen) atoms. The van der Waals surface area contributed by atoms with Gasteiger partial charge < -0.3 is 5.73 Å². The molecule has 0 saturated heterocycles. The van der Waals surface area contributed by atoms with Crippen molar-refractivity contribution in [3.63, 3.8) is 0 Å². The van der Waals surface area contributed by atoms with Crippen LogP contribution in [0.2, 0.25) is 5.02 Å². The largest absolute Gasteiger partial charge is 0.398 e. The molecule has 7 heteroatoms. The summed E-state index contributed by atoms with van der Waals surface area (Å²) in [7, 11) is -3.62. The van der Waals surface area contributed by atoms with Gasteiger partial charge in [-0.3, -0.25) is 0 Å². The van der Waals surface area contributed by atoms with E-state index in [4.69, 9.17) is 17.3 Å². The van der Waals surface area contributed by atoms with E-state index in [2.05, 4.69) is 20.7 Å². The van der Waals surface area contributed by atoms with Crippen LogP contribution in [0.5, 0.6) is 0 Å². The molecule has 0 heterocycles. The Hall–Kier alpha value is -1.08. The first-order valence-electron chi connectivity index (χ1n) is 6.09. The predicted molar refractivity (Wildman–Crippen MR) is 88.8 cm³/mol. The summed E-state index contributed by atoms with van der Waals surface area (Å²) in [6, 6.07) is 10.1. The third-order valence-electron chi connectivity index (χ3n) is 2.96. The van der Waals surface area contributed by atoms with Gasteiger partial charge in [0.05, 0.1) is 4.90 Å². The molecule has 0 amide bonds. The Morgan fingerprint density at radius 3 is 2.48 bits per heavy atom. The van der Waals surface area contributed by atoms with E-state index in [-0.39, 0.29) is 11.4 Å². The monoisotopic (exact) mass is 388 g/mol. The number of hydrogen-bond donors (Lipinski definition) is 2. The maximum absolute atomic E-state index is 12.3. The van der Waals surface area contributed by atoms with Crippen molar-refractivity contribution in [1.82, 2.24) is 4.72 Å². The number of anilines is 1. The van der Waals surface area contributed by atoms with Crippen LogP contribution in [0, 0.1) is 6.92 Å². The van der Waals surface area contributed by atoms with Crippen LogP contribution in [0.3, 0.4) is 0 Å². The lowest BCUT2D eigenvalue weighted by Crippen LogP contribution is -2.24. The molecule has 0 aliphatic carbocycles. The minimum atomic E-state index is -3.62. The number of halogens is 2. The van der Waals surface area contributed by atoms with Gasteiger partial charge in [-0.05, 0) is 58.2 Å². The topological polar surface area (TPSA) is 72.2 Å². The van der Waals surface area contributed by atoms with E-state index in [9.17, 15) is 8.42 Å². The van der Waals surface area contributed by atoms with Crippen LogP contribution >= 0.6 is 27.5 Å². The first-order chi connectivity index (χ1) is 9.79. The highest BCUT2D eigenvalue weighted by molar-refractivity contribution is 9.10. The van der Waals surface area contributed by atoms with Gasteiger partial charge in [-0.2, -0.15) is 0 Å². The van der Waals surface area contributed by atoms with Crippen LogP contribution in [-0.4, -0.2) is 8.42 Å². The predicted octanol–water partition coefficient (Wildman–Crippen LogP) is 3.47. The summed E-state index contributed by atoms with van der Waals surface area (Å²) < 4.78 is 27.9. The van der Waals surface area contributed by atoms with Crippen molar-refractivity contribution in [2.24, 2.45) is 0 Å². The molecule has 2 aromatic carbocycles. The Balaban J connectivity index is 2.22. The molecule has 2 rings (SSSR count). The molecule has 0 aliphatic heterocycles. The SMILES string of the molecule is Cc1cc(Br)c(N)cc1S(=O)(=O)NCc1ccc(Cl)cc1. The van der Waals surface area contributed by atoms with Gasteiger partial charge in [-0.25, -0.2) is 13.1 Å². The zero-order valence-electron chi connectivity index (χ0n) is 11.2. The van der Waals surface area contributed by atoms with E-state index in [1.807, 2.05) is 0 Å². The fourth-order valence-electron chi connectivity index (χ4n) is 1.82. The van der Waals surface area contributed by atoms with E-state index in [0.29, 0.717) is 20.7 Å². The molecule has 0 unspecified atom stereocenters. The van der Waals surface area contributed by atoms with Gasteiger partial charge in [0.1, 0.15) is 0 Å². The second-order valence-corrected chi connectivity index (χ2v) is 7.62. The number of sulfonamides is 1. The van der Waals surface area contributed by atoms with Crippen LogP contribution < -0.4 is 10.5 Å². The van der Waals surface area contributed by atoms with E-state index in [1.54, 1.807) is 37.3 Å². The fourth-order valence-corrected chi connectivity index (χ4v) is 3.68. The van der Waals surface area contributed by atoms with Gasteiger partial charge in [0.15, 0.2) is 0 Å². The van der Waals surface area contributed by atoms with Crippen LogP contribution in [0.25, 0.3) is 0 Å². The summed E-state index contributed by atoms with van der Waals surface area (Å²) in [5, 5.41) is 0.609. The van der Waals surface area contributed by atoms with Gasteiger partial charge in [0.2, 0.25) is 10.0 Å². The summed E-state index contributed by atoms with van der Waals surface area (Å²) >= 11 is 9.07. The van der Waals surface area contributed by atoms with Crippen molar-refractivity contribution in [2.45, 2.75) is 18.4 Å². The quantitative estimate of drug-likeness (QED) is 0.786. The Kier molecular flexibility index (Phi) is 4.93. The first kappa shape index (κ1) is 16.3. The highest BCUT2D eigenvalue weighted by atomic mass is 79.9. The number of aryl methyl sites for hydroxylation is 1. The average molecular weight is 390 g/mol. The van der Waals surface area contributed by atoms with Gasteiger partial charge in [0, 0.05) is 21.7 Å². The highest BCUT2D eigenvalue weighted by Gasteiger charge is 2.18. The number of nitrogens with one attached hydrogen (secondary N) is 1. The Labute approximate surface area is 137 Å². The number of nitrogens with two attached hydrogens (primary N) is 1. The van der Waals surface area contributed by atoms with Gasteiger partial charge in [0.25, 0.3) is 0 Å². The van der Waals surface area contributed by atoms with E-state index in [1.165, 1.54) is 6.07 Å². The number of hydrogen-bond acceptors (Lipinski definition) is 3. The summed E-state index contributed by atoms with van der Waals surface area (Å²) in [6.45, 7) is 1.91. The lowest BCUT2D eigenvalue weighted by atomic mass is 10.2. The van der Waals surface area contributed by atoms with Crippen molar-refractivity contribution >= 4 is 43.2 Å². The minimum absolute atomic E-state index is 0.178. The lowest BCUT2D eigenvalue weighted by molar-refractivity contribution is 0.580. The summed E-state index contributed by atoms with van der Waals surface area (Å²) in [5.74, 6) is 0. The number of rotatable bonds is 4. The lowest BCUT2D eigenvalue weighted by Gasteiger charge is -2.11. The zero-order valence-corrected chi connectivity index (χ0v) is 14.4. The molecule has 0 spiro atoms. The van der Waals surface area contributed by atoms with Gasteiger partial charge >= 0.3 is 0 Å². The molecule has 0 aromatic heterocycles. The van der Waals surface area contributed by atoms with E-state index < -0.39 is 10.0 Å². The first-order valence-corrected chi connectivity index (χ1v) is 8.75. The molecule has 3 N–H and O–H groups in total. The maximum atomic E-state index is 12.3. The Bertz CT molecular complexity index is 761. The normalized spacial score (nSPS) is 11.6. The van der Waals surface area contributed by atoms with Crippen molar-refractivity contribution in [1.29, 1.82) is 0 Å². The molecule has 0 saturated carbocycles. The van der Waals surface area contributed by atoms with Crippen molar-refractivity contribution in [2.75, 3.05) is 5.73 Å². The molecule has 4 nitrogen and oxygen atoms in total. The molecule has 0 fully saturated rings. The van der Waals surface area contributed by atoms with Crippen LogP contribution in [0.1, 0.15) is 11.1 Å². The Morgan fingerprint density at radius 1 is 1.24 bits per heavy atom. The molecular formula is C14H14BrClN2O2S. The highest BCUT2D eigenvalue weighted by Crippen LogP contribution is 2.26. The molecule has 0 aliphatic rings. The fraction of sp³-hybridized carbons (Fsp3) is 0.143. The summed E-state index contributed by atoms with van der Waals surface area (Å²) in [5.41, 5.74) is 7.59. The third kappa shape index (κ3) is 3.97. The molecular weight excluding hydrogens is 376 g/mol. The molecule has 0 radical (unpaired) electrons. The molecule has 0 atom stereocenters. The van der Waals surface area contributed by atoms with Crippen LogP contribution in [0.4, 0.5) is 5.69 Å². The van der Waals surface area contributed by atoms with E-state index in [0.717, 1.165) is 5.56 Å². The van der Waals surface area contributed by atoms with E-state index >= 15 is 0 Å². The van der Waals surface area contributed by atoms with Gasteiger partial charge in [-0.15, -0.1) is 0 Å². The molecule has 2 aromatic rings. The van der Waals surface area contributed by atoms with Crippen LogP contribution in [0.15, 0.2) is 45.8 Å². The average Bonchev–Trinajstić information content (AvgIpc) is 2.42. The van der Waals surface area contributed by atoms with Crippen LogP contribution in [-0.2, 0) is 16.6 Å². The smallest absolute Gasteiger partial charge is 0.241 e. The zero-order chi connectivity index (χ0) is 15.6. The van der Waals surface area contributed by atoms with Crippen molar-refractivity contribution in [3.8, 4) is 0 Å². The molecule has 112 valence electrons. The number of nitrogen functional groups attached to an aromatic ring is 1. The number of benzene rings is 2. The minimum Gasteiger partial charge on any atom is -0.398 e. The van der Waals surface area contributed by atoms with Gasteiger partial charge in [-0.1, -0.05) is 23.7 Å². The van der Waals surface area contributed by atoms with Crippen molar-refractivity contribution in [3.05, 3.63) is 57.0 Å². The summed E-state index contributed by atoms with van der Waals surface area (Å²) in [6.07, 6.45) is 0. The van der Waals surface area contributed by atoms with Crippen molar-refractivity contribution < 1.29 is 8.42 Å². The maximum Gasteiger partial charge on any atom is 0.241 e. The second-order valence-electron chi connectivity index (χ2n) is 4.59. The third-order valence-corrected chi connectivity index (χ3v) is 5.45.